The number of benzene rings is 2. The van der Waals surface area contributed by atoms with Crippen LogP contribution in [0.1, 0.15) is 15.9 Å². The van der Waals surface area contributed by atoms with Crippen LogP contribution in [0.4, 0.5) is 4.39 Å². The summed E-state index contributed by atoms with van der Waals surface area (Å²) in [6.07, 6.45) is 1.60. The van der Waals surface area contributed by atoms with E-state index in [0.717, 1.165) is 5.56 Å². The van der Waals surface area contributed by atoms with Crippen LogP contribution in [0, 0.1) is 5.82 Å². The number of nitrogens with one attached hydrogen (secondary N) is 1. The number of rotatable bonds is 7. The van der Waals surface area contributed by atoms with E-state index < -0.39 is 29.5 Å². The molecule has 148 valence electrons. The largest absolute Gasteiger partial charge is 0.363 e. The van der Waals surface area contributed by atoms with E-state index in [2.05, 4.69) is 10.4 Å². The Labute approximate surface area is 166 Å². The van der Waals surface area contributed by atoms with Crippen molar-refractivity contribution in [1.82, 2.24) is 15.1 Å². The molecule has 0 bridgehead atoms. The molecule has 0 unspecified atom stereocenters. The van der Waals surface area contributed by atoms with Gasteiger partial charge in [0.15, 0.2) is 0 Å². The Morgan fingerprint density at radius 2 is 1.76 bits per heavy atom. The maximum Gasteiger partial charge on any atom is 0.287 e. The van der Waals surface area contributed by atoms with Crippen LogP contribution in [-0.2, 0) is 23.1 Å². The number of nitrogens with two attached hydrogens (primary N) is 1. The lowest BCUT2D eigenvalue weighted by Crippen LogP contribution is -2.47. The minimum Gasteiger partial charge on any atom is -0.363 e. The molecule has 0 saturated carbocycles. The van der Waals surface area contributed by atoms with Crippen LogP contribution < -0.4 is 11.1 Å². The van der Waals surface area contributed by atoms with Gasteiger partial charge in [-0.1, -0.05) is 30.3 Å². The molecule has 2 amide bonds. The van der Waals surface area contributed by atoms with Crippen molar-refractivity contribution in [3.8, 4) is 11.3 Å². The van der Waals surface area contributed by atoms with Gasteiger partial charge in [0.05, 0.1) is 5.56 Å². The molecule has 0 fully saturated rings. The maximum atomic E-state index is 13.2. The summed E-state index contributed by atoms with van der Waals surface area (Å²) in [7, 11) is 1.64. The highest BCUT2D eigenvalue weighted by molar-refractivity contribution is 6.38. The van der Waals surface area contributed by atoms with Crippen molar-refractivity contribution in [2.75, 3.05) is 0 Å². The quantitative estimate of drug-likeness (QED) is 0.594. The van der Waals surface area contributed by atoms with E-state index in [1.54, 1.807) is 31.3 Å². The van der Waals surface area contributed by atoms with Crippen LogP contribution >= 0.6 is 0 Å². The molecule has 3 rings (SSSR count). The normalized spacial score (nSPS) is 11.7. The Kier molecular flexibility index (Phi) is 5.82. The number of primary amides is 1. The van der Waals surface area contributed by atoms with Gasteiger partial charge in [0.1, 0.15) is 17.6 Å². The first-order chi connectivity index (χ1) is 13.8. The molecule has 0 aliphatic heterocycles. The number of carbonyl (C=O) groups excluding carboxylic acids is 3. The van der Waals surface area contributed by atoms with Crippen molar-refractivity contribution in [3.05, 3.63) is 77.7 Å². The van der Waals surface area contributed by atoms with Crippen LogP contribution in [0.15, 0.2) is 60.8 Å². The monoisotopic (exact) mass is 394 g/mol. The minimum atomic E-state index is -1.13. The zero-order valence-corrected chi connectivity index (χ0v) is 15.6. The molecule has 0 spiro atoms. The topological polar surface area (TPSA) is 107 Å². The van der Waals surface area contributed by atoms with Crippen molar-refractivity contribution >= 4 is 17.6 Å². The number of aryl methyl sites for hydroxylation is 1. The lowest BCUT2D eigenvalue weighted by molar-refractivity contribution is -0.137. The molecule has 8 heteroatoms. The maximum absolute atomic E-state index is 13.2. The van der Waals surface area contributed by atoms with Gasteiger partial charge in [-0.05, 0) is 29.8 Å². The number of nitrogens with zero attached hydrogens (tertiary/aromatic N) is 2. The van der Waals surface area contributed by atoms with Gasteiger partial charge >= 0.3 is 0 Å². The predicted octanol–water partition coefficient (Wildman–Crippen LogP) is 1.62. The highest BCUT2D eigenvalue weighted by Crippen LogP contribution is 2.22. The van der Waals surface area contributed by atoms with E-state index in [-0.39, 0.29) is 12.0 Å². The smallest absolute Gasteiger partial charge is 0.287 e. The average molecular weight is 394 g/mol. The second-order valence-corrected chi connectivity index (χ2v) is 6.52. The number of Topliss-reactive ketones (excluding diaryl/α,β-unsaturated/α-hetero) is 1. The number of carbonyl (C=O) groups is 3. The standard InChI is InChI=1S/C21H19FN4O3/c1-26-12-16(18(25-26)14-7-9-15(22)10-8-14)21(29)24-17(19(27)20(23)28)11-13-5-3-2-4-6-13/h2-10,12,17H,11H2,1H3,(H2,23,28)(H,24,29)/t17-/m0/s1. The van der Waals surface area contributed by atoms with Crippen molar-refractivity contribution in [2.24, 2.45) is 12.8 Å². The number of halogens is 1. The Balaban J connectivity index is 1.89. The first-order valence-corrected chi connectivity index (χ1v) is 8.83. The third-order valence-corrected chi connectivity index (χ3v) is 4.34. The number of hydrogen-bond donors (Lipinski definition) is 2. The molecular weight excluding hydrogens is 375 g/mol. The molecule has 2 aromatic carbocycles. The van der Waals surface area contributed by atoms with E-state index in [0.29, 0.717) is 11.3 Å². The third kappa shape index (κ3) is 4.73. The molecule has 3 N–H and O–H groups in total. The van der Waals surface area contributed by atoms with Crippen LogP contribution in [0.5, 0.6) is 0 Å². The summed E-state index contributed by atoms with van der Waals surface area (Å²) in [5, 5.41) is 6.84. The van der Waals surface area contributed by atoms with E-state index >= 15 is 0 Å². The van der Waals surface area contributed by atoms with Crippen molar-refractivity contribution in [1.29, 1.82) is 0 Å². The molecule has 1 aromatic heterocycles. The van der Waals surface area contributed by atoms with Gasteiger partial charge in [-0.3, -0.25) is 19.1 Å². The van der Waals surface area contributed by atoms with Gasteiger partial charge < -0.3 is 11.1 Å². The predicted molar refractivity (Wildman–Crippen MR) is 104 cm³/mol. The van der Waals surface area contributed by atoms with Gasteiger partial charge in [-0.2, -0.15) is 5.10 Å². The van der Waals surface area contributed by atoms with E-state index in [1.165, 1.54) is 35.1 Å². The molecule has 0 radical (unpaired) electrons. The fourth-order valence-electron chi connectivity index (χ4n) is 2.94. The van der Waals surface area contributed by atoms with Gasteiger partial charge in [0, 0.05) is 25.2 Å². The summed E-state index contributed by atoms with van der Waals surface area (Å²) in [5.74, 6) is -3.02. The van der Waals surface area contributed by atoms with Crippen LogP contribution in [0.25, 0.3) is 11.3 Å². The molecular formula is C21H19FN4O3. The summed E-state index contributed by atoms with van der Waals surface area (Å²) in [4.78, 5) is 36.6. The van der Waals surface area contributed by atoms with E-state index in [1.807, 2.05) is 6.07 Å². The fourth-order valence-corrected chi connectivity index (χ4v) is 2.94. The fraction of sp³-hybridized carbons (Fsp3) is 0.143. The molecule has 29 heavy (non-hydrogen) atoms. The second-order valence-electron chi connectivity index (χ2n) is 6.52. The van der Waals surface area contributed by atoms with Gasteiger partial charge in [0.2, 0.25) is 5.78 Å². The second kappa shape index (κ2) is 8.47. The number of aromatic nitrogens is 2. The minimum absolute atomic E-state index is 0.112. The number of hydrogen-bond acceptors (Lipinski definition) is 4. The lowest BCUT2D eigenvalue weighted by Gasteiger charge is -2.16. The Morgan fingerprint density at radius 3 is 2.38 bits per heavy atom. The molecule has 0 aliphatic rings. The Bertz CT molecular complexity index is 1050. The van der Waals surface area contributed by atoms with Crippen LogP contribution in [-0.4, -0.2) is 33.4 Å². The Morgan fingerprint density at radius 1 is 1.10 bits per heavy atom. The van der Waals surface area contributed by atoms with Crippen LogP contribution in [0.3, 0.4) is 0 Å². The lowest BCUT2D eigenvalue weighted by atomic mass is 10.0. The molecule has 1 atom stereocenters. The van der Waals surface area contributed by atoms with Gasteiger partial charge in [-0.25, -0.2) is 4.39 Å². The number of amides is 2. The summed E-state index contributed by atoms with van der Waals surface area (Å²) < 4.78 is 14.7. The Hall–Kier alpha value is -3.81. The first-order valence-electron chi connectivity index (χ1n) is 8.83. The number of ketones is 1. The molecule has 1 heterocycles. The summed E-state index contributed by atoms with van der Waals surface area (Å²) in [6, 6.07) is 13.4. The van der Waals surface area contributed by atoms with Gasteiger partial charge in [0.25, 0.3) is 11.8 Å². The highest BCUT2D eigenvalue weighted by Gasteiger charge is 2.27. The van der Waals surface area contributed by atoms with Crippen molar-refractivity contribution in [3.63, 3.8) is 0 Å². The molecule has 0 aliphatic carbocycles. The zero-order chi connectivity index (χ0) is 21.0. The van der Waals surface area contributed by atoms with Crippen LogP contribution in [0.2, 0.25) is 0 Å². The highest BCUT2D eigenvalue weighted by atomic mass is 19.1. The van der Waals surface area contributed by atoms with E-state index in [4.69, 9.17) is 5.73 Å². The summed E-state index contributed by atoms with van der Waals surface area (Å²) in [6.45, 7) is 0. The van der Waals surface area contributed by atoms with Crippen molar-refractivity contribution in [2.45, 2.75) is 12.5 Å². The van der Waals surface area contributed by atoms with Gasteiger partial charge in [-0.15, -0.1) is 0 Å². The van der Waals surface area contributed by atoms with Crippen molar-refractivity contribution < 1.29 is 18.8 Å². The summed E-state index contributed by atoms with van der Waals surface area (Å²) >= 11 is 0. The average Bonchev–Trinajstić information content (AvgIpc) is 3.10. The molecule has 0 saturated heterocycles. The summed E-state index contributed by atoms with van der Waals surface area (Å²) in [5.41, 5.74) is 6.97. The SMILES string of the molecule is Cn1cc(C(=O)N[C@@H](Cc2ccccc2)C(=O)C(N)=O)c(-c2ccc(F)cc2)n1. The molecule has 3 aromatic rings. The third-order valence-electron chi connectivity index (χ3n) is 4.34. The molecule has 7 nitrogen and oxygen atoms in total. The first kappa shape index (κ1) is 19.9. The van der Waals surface area contributed by atoms with E-state index in [9.17, 15) is 18.8 Å². The zero-order valence-electron chi connectivity index (χ0n) is 15.6.